The topological polar surface area (TPSA) is 87.7 Å². The Labute approximate surface area is 111 Å². The van der Waals surface area contributed by atoms with Gasteiger partial charge in [-0.2, -0.15) is 0 Å². The van der Waals surface area contributed by atoms with E-state index in [2.05, 4.69) is 10.6 Å². The Morgan fingerprint density at radius 3 is 2.47 bits per heavy atom. The van der Waals surface area contributed by atoms with E-state index in [0.717, 1.165) is 0 Å². The molecule has 3 N–H and O–H groups in total. The summed E-state index contributed by atoms with van der Waals surface area (Å²) >= 11 is 0. The van der Waals surface area contributed by atoms with Gasteiger partial charge in [0.2, 0.25) is 0 Å². The van der Waals surface area contributed by atoms with Gasteiger partial charge < -0.3 is 20.5 Å². The minimum absolute atomic E-state index is 0.102. The number of aliphatic hydroxyl groups is 1. The molecule has 0 saturated heterocycles. The number of hydrogen-bond donors (Lipinski definition) is 3. The predicted octanol–water partition coefficient (Wildman–Crippen LogP) is 0.382. The number of carbonyl (C=O) groups excluding carboxylic acids is 2. The molecule has 0 fully saturated rings. The van der Waals surface area contributed by atoms with Gasteiger partial charge in [-0.15, -0.1) is 0 Å². The summed E-state index contributed by atoms with van der Waals surface area (Å²) in [4.78, 5) is 23.1. The Bertz CT molecular complexity index is 431. The van der Waals surface area contributed by atoms with Gasteiger partial charge in [-0.05, 0) is 31.2 Å². The second-order valence-corrected chi connectivity index (χ2v) is 3.92. The van der Waals surface area contributed by atoms with Crippen LogP contribution in [0.4, 0.5) is 5.69 Å². The largest absolute Gasteiger partial charge is 0.395 e. The molecule has 0 radical (unpaired) electrons. The molecule has 0 spiro atoms. The van der Waals surface area contributed by atoms with Crippen molar-refractivity contribution in [3.05, 3.63) is 29.8 Å². The van der Waals surface area contributed by atoms with Crippen molar-refractivity contribution in [3.8, 4) is 0 Å². The number of carbonyl (C=O) groups is 2. The lowest BCUT2D eigenvalue weighted by Crippen LogP contribution is -2.27. The lowest BCUT2D eigenvalue weighted by molar-refractivity contribution is -0.124. The molecule has 0 aromatic heterocycles. The van der Waals surface area contributed by atoms with Gasteiger partial charge in [-0.3, -0.25) is 9.59 Å². The number of amides is 2. The quantitative estimate of drug-likeness (QED) is 0.694. The normalized spacial score (nSPS) is 11.7. The maximum atomic E-state index is 11.6. The molecule has 0 aliphatic heterocycles. The molecule has 0 saturated carbocycles. The van der Waals surface area contributed by atoms with Crippen LogP contribution in [0.3, 0.4) is 0 Å². The summed E-state index contributed by atoms with van der Waals surface area (Å²) in [6, 6.07) is 6.46. The summed E-state index contributed by atoms with van der Waals surface area (Å²) in [5, 5.41) is 13.8. The highest BCUT2D eigenvalue weighted by Gasteiger charge is 2.11. The van der Waals surface area contributed by atoms with Crippen molar-refractivity contribution >= 4 is 17.5 Å². The molecular weight excluding hydrogens is 248 g/mol. The summed E-state index contributed by atoms with van der Waals surface area (Å²) in [5.74, 6) is -0.517. The van der Waals surface area contributed by atoms with Gasteiger partial charge in [0.15, 0.2) is 0 Å². The highest BCUT2D eigenvalue weighted by atomic mass is 16.5. The molecule has 2 amide bonds. The molecule has 0 aliphatic rings. The molecule has 1 atom stereocenters. The fraction of sp³-hybridized carbons (Fsp3) is 0.385. The number of hydrogen-bond acceptors (Lipinski definition) is 4. The summed E-state index contributed by atoms with van der Waals surface area (Å²) in [7, 11) is 1.46. The molecule has 6 nitrogen and oxygen atoms in total. The molecular formula is C13H18N2O4. The summed E-state index contributed by atoms with van der Waals surface area (Å²) in [6.45, 7) is 1.75. The number of benzene rings is 1. The molecule has 0 heterocycles. The first-order valence-electron chi connectivity index (χ1n) is 5.91. The van der Waals surface area contributed by atoms with Crippen LogP contribution in [-0.2, 0) is 9.53 Å². The van der Waals surface area contributed by atoms with E-state index in [-0.39, 0.29) is 25.0 Å². The zero-order valence-electron chi connectivity index (χ0n) is 11.0. The Morgan fingerprint density at radius 2 is 1.95 bits per heavy atom. The van der Waals surface area contributed by atoms with Gasteiger partial charge in [0.1, 0.15) is 6.10 Å². The van der Waals surface area contributed by atoms with E-state index in [1.54, 1.807) is 31.2 Å². The SMILES string of the molecule is COC(C)C(=O)Nc1ccc(C(=O)NCCO)cc1. The maximum Gasteiger partial charge on any atom is 0.253 e. The minimum atomic E-state index is -0.535. The van der Waals surface area contributed by atoms with Crippen LogP contribution in [0.15, 0.2) is 24.3 Å². The number of anilines is 1. The van der Waals surface area contributed by atoms with Gasteiger partial charge >= 0.3 is 0 Å². The Kier molecular flexibility index (Phi) is 5.98. The second-order valence-electron chi connectivity index (χ2n) is 3.92. The van der Waals surface area contributed by atoms with E-state index in [9.17, 15) is 9.59 Å². The van der Waals surface area contributed by atoms with Crippen molar-refractivity contribution < 1.29 is 19.4 Å². The zero-order chi connectivity index (χ0) is 14.3. The molecule has 1 aromatic carbocycles. The van der Waals surface area contributed by atoms with Gasteiger partial charge in [-0.25, -0.2) is 0 Å². The van der Waals surface area contributed by atoms with Gasteiger partial charge in [0, 0.05) is 24.9 Å². The van der Waals surface area contributed by atoms with E-state index in [1.807, 2.05) is 0 Å². The van der Waals surface area contributed by atoms with Crippen LogP contribution in [0.25, 0.3) is 0 Å². The molecule has 0 bridgehead atoms. The molecule has 0 aliphatic carbocycles. The van der Waals surface area contributed by atoms with Crippen molar-refractivity contribution in [2.45, 2.75) is 13.0 Å². The lowest BCUT2D eigenvalue weighted by atomic mass is 10.2. The molecule has 1 rings (SSSR count). The number of nitrogens with one attached hydrogen (secondary N) is 2. The van der Waals surface area contributed by atoms with Crippen molar-refractivity contribution in [3.63, 3.8) is 0 Å². The third-order valence-corrected chi connectivity index (χ3v) is 2.53. The number of methoxy groups -OCH3 is 1. The number of rotatable bonds is 6. The number of ether oxygens (including phenoxy) is 1. The molecule has 104 valence electrons. The fourth-order valence-electron chi connectivity index (χ4n) is 1.33. The van der Waals surface area contributed by atoms with Crippen LogP contribution < -0.4 is 10.6 Å². The molecule has 19 heavy (non-hydrogen) atoms. The van der Waals surface area contributed by atoms with E-state index >= 15 is 0 Å². The van der Waals surface area contributed by atoms with Crippen LogP contribution in [-0.4, -0.2) is 43.3 Å². The van der Waals surface area contributed by atoms with Crippen LogP contribution in [0, 0.1) is 0 Å². The maximum absolute atomic E-state index is 11.6. The van der Waals surface area contributed by atoms with Crippen molar-refractivity contribution in [1.82, 2.24) is 5.32 Å². The second kappa shape index (κ2) is 7.50. The highest BCUT2D eigenvalue weighted by Crippen LogP contribution is 2.10. The summed E-state index contributed by atoms with van der Waals surface area (Å²) in [6.07, 6.45) is -0.535. The van der Waals surface area contributed by atoms with Crippen LogP contribution >= 0.6 is 0 Å². The third-order valence-electron chi connectivity index (χ3n) is 2.53. The highest BCUT2D eigenvalue weighted by molar-refractivity contribution is 5.96. The van der Waals surface area contributed by atoms with E-state index < -0.39 is 6.10 Å². The number of aliphatic hydroxyl groups excluding tert-OH is 1. The summed E-state index contributed by atoms with van der Waals surface area (Å²) < 4.78 is 4.89. The molecule has 1 aromatic rings. The van der Waals surface area contributed by atoms with E-state index in [1.165, 1.54) is 7.11 Å². The molecule has 1 unspecified atom stereocenters. The van der Waals surface area contributed by atoms with E-state index in [0.29, 0.717) is 11.3 Å². The summed E-state index contributed by atoms with van der Waals surface area (Å²) in [5.41, 5.74) is 1.05. The van der Waals surface area contributed by atoms with Crippen molar-refractivity contribution in [2.24, 2.45) is 0 Å². The minimum Gasteiger partial charge on any atom is -0.395 e. The Balaban J connectivity index is 2.61. The first kappa shape index (κ1) is 15.1. The lowest BCUT2D eigenvalue weighted by Gasteiger charge is -2.10. The Morgan fingerprint density at radius 1 is 1.32 bits per heavy atom. The van der Waals surface area contributed by atoms with Crippen LogP contribution in [0.5, 0.6) is 0 Å². The predicted molar refractivity (Wildman–Crippen MR) is 71.0 cm³/mol. The van der Waals surface area contributed by atoms with Gasteiger partial charge in [0.25, 0.3) is 11.8 Å². The first-order valence-corrected chi connectivity index (χ1v) is 5.91. The monoisotopic (exact) mass is 266 g/mol. The van der Waals surface area contributed by atoms with Crippen LogP contribution in [0.1, 0.15) is 17.3 Å². The van der Waals surface area contributed by atoms with E-state index in [4.69, 9.17) is 9.84 Å². The van der Waals surface area contributed by atoms with Gasteiger partial charge in [0.05, 0.1) is 6.61 Å². The smallest absolute Gasteiger partial charge is 0.253 e. The Hall–Kier alpha value is -1.92. The van der Waals surface area contributed by atoms with Crippen molar-refractivity contribution in [1.29, 1.82) is 0 Å². The average Bonchev–Trinajstić information content (AvgIpc) is 2.44. The van der Waals surface area contributed by atoms with Crippen molar-refractivity contribution in [2.75, 3.05) is 25.6 Å². The average molecular weight is 266 g/mol. The zero-order valence-corrected chi connectivity index (χ0v) is 11.0. The standard InChI is InChI=1S/C13H18N2O4/c1-9(19-2)12(17)15-11-5-3-10(4-6-11)13(18)14-7-8-16/h3-6,9,16H,7-8H2,1-2H3,(H,14,18)(H,15,17). The first-order chi connectivity index (χ1) is 9.08. The van der Waals surface area contributed by atoms with Gasteiger partial charge in [-0.1, -0.05) is 0 Å². The third kappa shape index (κ3) is 4.69. The fourth-order valence-corrected chi connectivity index (χ4v) is 1.33. The molecule has 6 heteroatoms. The van der Waals surface area contributed by atoms with Crippen LogP contribution in [0.2, 0.25) is 0 Å².